The van der Waals surface area contributed by atoms with Crippen molar-refractivity contribution < 1.29 is 4.74 Å². The molecule has 0 aromatic heterocycles. The summed E-state index contributed by atoms with van der Waals surface area (Å²) in [5.41, 5.74) is 8.53. The summed E-state index contributed by atoms with van der Waals surface area (Å²) in [6, 6.07) is 53.4. The lowest BCUT2D eigenvalue weighted by atomic mass is 9.82. The molecular weight excluding hydrogens is 546 g/mol. The summed E-state index contributed by atoms with van der Waals surface area (Å²) < 4.78 is 6.63. The number of hydrogen-bond acceptors (Lipinski definition) is 1. The Bertz CT molecular complexity index is 1630. The van der Waals surface area contributed by atoms with Crippen molar-refractivity contribution in [3.8, 4) is 0 Å². The predicted octanol–water partition coefficient (Wildman–Crippen LogP) is 7.51. The van der Waals surface area contributed by atoms with Gasteiger partial charge in [0.15, 0.2) is 0 Å². The minimum absolute atomic E-state index is 0.0543. The molecule has 0 N–H and O–H groups in total. The second-order valence-electron chi connectivity index (χ2n) is 10.9. The molecule has 2 unspecified atom stereocenters. The van der Waals surface area contributed by atoms with Crippen LogP contribution in [0.5, 0.6) is 0 Å². The van der Waals surface area contributed by atoms with Gasteiger partial charge < -0.3 is 4.74 Å². The Morgan fingerprint density at radius 2 is 1.02 bits per heavy atom. The summed E-state index contributed by atoms with van der Waals surface area (Å²) in [5.74, 6) is 0.259. The van der Waals surface area contributed by atoms with E-state index in [-0.39, 0.29) is 12.0 Å². The zero-order chi connectivity index (χ0) is 28.3. The molecule has 3 atom stereocenters. The molecule has 206 valence electrons. The third-order valence-electron chi connectivity index (χ3n) is 8.52. The second-order valence-corrected chi connectivity index (χ2v) is 15.4. The smallest absolute Gasteiger partial charge is 0.0908 e. The molecular formula is C39H34OP2. The fourth-order valence-electron chi connectivity index (χ4n) is 6.77. The molecule has 0 radical (unpaired) electrons. The van der Waals surface area contributed by atoms with Crippen molar-refractivity contribution in [3.05, 3.63) is 168 Å². The Balaban J connectivity index is 1.37. The average Bonchev–Trinajstić information content (AvgIpc) is 3.68. The monoisotopic (exact) mass is 580 g/mol. The van der Waals surface area contributed by atoms with E-state index in [0.717, 1.165) is 12.8 Å². The molecule has 42 heavy (non-hydrogen) atoms. The van der Waals surface area contributed by atoms with Gasteiger partial charge in [-0.05, 0) is 71.9 Å². The first-order valence-electron chi connectivity index (χ1n) is 14.7. The maximum Gasteiger partial charge on any atom is 0.0908 e. The van der Waals surface area contributed by atoms with Crippen molar-refractivity contribution in [1.29, 1.82) is 0 Å². The first kappa shape index (κ1) is 27.3. The Labute approximate surface area is 252 Å². The minimum atomic E-state index is -0.755. The van der Waals surface area contributed by atoms with Crippen LogP contribution in [0, 0.1) is 5.92 Å². The Morgan fingerprint density at radius 1 is 0.571 bits per heavy atom. The van der Waals surface area contributed by atoms with Gasteiger partial charge in [0, 0.05) is 18.7 Å². The van der Waals surface area contributed by atoms with Crippen LogP contribution in [0.25, 0.3) is 0 Å². The van der Waals surface area contributed by atoms with Gasteiger partial charge >= 0.3 is 0 Å². The molecule has 0 fully saturated rings. The van der Waals surface area contributed by atoms with E-state index in [1.54, 1.807) is 0 Å². The normalized spacial score (nSPS) is 18.3. The van der Waals surface area contributed by atoms with E-state index in [1.807, 2.05) is 7.11 Å². The lowest BCUT2D eigenvalue weighted by Gasteiger charge is -2.40. The standard InChI is InChI=1S/C39H34OP2/c1-40-38(35-24-14-15-25-36(35)41(31-16-6-2-7-17-31)32-18-8-3-9-19-32)37-29-26-27-30(28-29)39(37)42(33-20-10-4-11-21-33)34-22-12-5-13-23-34/h2-25,37-39H,26-27H2,1H3/t37?,38-,39?/m0/s1. The number of ether oxygens (including phenoxy) is 1. The van der Waals surface area contributed by atoms with Crippen LogP contribution in [0.15, 0.2) is 162 Å². The van der Waals surface area contributed by atoms with Crippen molar-refractivity contribution in [2.24, 2.45) is 5.92 Å². The topological polar surface area (TPSA) is 9.23 Å². The summed E-state index contributed by atoms with van der Waals surface area (Å²) in [7, 11) is 0.516. The van der Waals surface area contributed by atoms with Crippen LogP contribution in [0.4, 0.5) is 0 Å². The van der Waals surface area contributed by atoms with Gasteiger partial charge in [-0.15, -0.1) is 5.73 Å². The number of hydrogen-bond donors (Lipinski definition) is 0. The van der Waals surface area contributed by atoms with Crippen molar-refractivity contribution in [1.82, 2.24) is 0 Å². The first-order valence-corrected chi connectivity index (χ1v) is 17.5. The molecule has 1 nitrogen and oxygen atoms in total. The Morgan fingerprint density at radius 3 is 1.55 bits per heavy atom. The Hall–Kier alpha value is -3.56. The van der Waals surface area contributed by atoms with E-state index in [9.17, 15) is 0 Å². The quantitative estimate of drug-likeness (QED) is 0.130. The molecule has 3 heteroatoms. The number of benzene rings is 5. The van der Waals surface area contributed by atoms with Crippen LogP contribution in [-0.4, -0.2) is 12.8 Å². The molecule has 7 rings (SSSR count). The molecule has 2 aliphatic rings. The van der Waals surface area contributed by atoms with Crippen molar-refractivity contribution >= 4 is 42.4 Å². The highest BCUT2D eigenvalue weighted by Crippen LogP contribution is 2.59. The Kier molecular flexibility index (Phi) is 8.02. The molecule has 0 heterocycles. The minimum Gasteiger partial charge on any atom is -0.376 e. The summed E-state index contributed by atoms with van der Waals surface area (Å²) in [5, 5.41) is 6.96. The fourth-order valence-corrected chi connectivity index (χ4v) is 12.4. The van der Waals surface area contributed by atoms with Crippen LogP contribution >= 0.6 is 15.8 Å². The summed E-state index contributed by atoms with van der Waals surface area (Å²) >= 11 is 0. The molecule has 0 saturated heterocycles. The zero-order valence-corrected chi connectivity index (χ0v) is 25.6. The lowest BCUT2D eigenvalue weighted by molar-refractivity contribution is 0.0648. The fraction of sp³-hybridized carbons (Fsp3) is 0.154. The molecule has 0 aliphatic heterocycles. The molecule has 2 bridgehead atoms. The van der Waals surface area contributed by atoms with Gasteiger partial charge in [-0.3, -0.25) is 0 Å². The van der Waals surface area contributed by atoms with Gasteiger partial charge in [0.2, 0.25) is 0 Å². The molecule has 2 aliphatic carbocycles. The number of methoxy groups -OCH3 is 1. The predicted molar refractivity (Wildman–Crippen MR) is 181 cm³/mol. The SMILES string of the molecule is CO[C@@H](c1ccccc1P(c1ccccc1)c1ccccc1)C1C2=C=C(CC2)C1P(c1ccccc1)c1ccccc1. The van der Waals surface area contributed by atoms with Gasteiger partial charge in [-0.1, -0.05) is 146 Å². The van der Waals surface area contributed by atoms with Crippen LogP contribution in [0.3, 0.4) is 0 Å². The van der Waals surface area contributed by atoms with Crippen molar-refractivity contribution in [3.63, 3.8) is 0 Å². The molecule has 0 saturated carbocycles. The summed E-state index contributed by atoms with van der Waals surface area (Å²) in [6.45, 7) is 0. The molecule has 5 aromatic rings. The highest BCUT2D eigenvalue weighted by Gasteiger charge is 2.47. The first-order chi connectivity index (χ1) is 20.8. The van der Waals surface area contributed by atoms with Crippen molar-refractivity contribution in [2.45, 2.75) is 24.6 Å². The lowest BCUT2D eigenvalue weighted by Crippen LogP contribution is -2.36. The largest absolute Gasteiger partial charge is 0.376 e. The third-order valence-corrected chi connectivity index (χ3v) is 13.9. The van der Waals surface area contributed by atoms with Crippen molar-refractivity contribution in [2.75, 3.05) is 7.11 Å². The van der Waals surface area contributed by atoms with Gasteiger partial charge in [0.25, 0.3) is 0 Å². The van der Waals surface area contributed by atoms with E-state index in [2.05, 4.69) is 151 Å². The molecule has 5 aromatic carbocycles. The highest BCUT2D eigenvalue weighted by molar-refractivity contribution is 7.80. The molecule has 0 amide bonds. The zero-order valence-electron chi connectivity index (χ0n) is 23.8. The van der Waals surface area contributed by atoms with E-state index < -0.39 is 15.8 Å². The maximum atomic E-state index is 6.63. The highest BCUT2D eigenvalue weighted by atomic mass is 31.1. The van der Waals surface area contributed by atoms with Gasteiger partial charge in [0.1, 0.15) is 0 Å². The van der Waals surface area contributed by atoms with E-state index in [1.165, 1.54) is 43.2 Å². The molecule has 0 spiro atoms. The summed E-state index contributed by atoms with van der Waals surface area (Å²) in [4.78, 5) is 0. The van der Waals surface area contributed by atoms with Crippen LogP contribution in [-0.2, 0) is 4.74 Å². The average molecular weight is 581 g/mol. The maximum absolute atomic E-state index is 6.63. The summed E-state index contributed by atoms with van der Waals surface area (Å²) in [6.07, 6.45) is 2.16. The van der Waals surface area contributed by atoms with Crippen LogP contribution in [0.1, 0.15) is 24.5 Å². The van der Waals surface area contributed by atoms with Crippen LogP contribution in [0.2, 0.25) is 0 Å². The third kappa shape index (κ3) is 5.13. The van der Waals surface area contributed by atoms with Gasteiger partial charge in [0.05, 0.1) is 6.10 Å². The van der Waals surface area contributed by atoms with E-state index >= 15 is 0 Å². The van der Waals surface area contributed by atoms with E-state index in [4.69, 9.17) is 4.74 Å². The van der Waals surface area contributed by atoms with E-state index in [0.29, 0.717) is 5.66 Å². The number of rotatable bonds is 9. The van der Waals surface area contributed by atoms with Gasteiger partial charge in [-0.25, -0.2) is 0 Å². The second kappa shape index (κ2) is 12.4. The van der Waals surface area contributed by atoms with Gasteiger partial charge in [-0.2, -0.15) is 0 Å². The van der Waals surface area contributed by atoms with Crippen LogP contribution < -0.4 is 26.5 Å².